The van der Waals surface area contributed by atoms with Gasteiger partial charge in [0.25, 0.3) is 23.7 Å². The normalized spacial score (nSPS) is 21.0. The number of unbranched alkanes of at least 4 members (excludes halogenated alkanes) is 2. The van der Waals surface area contributed by atoms with Gasteiger partial charge in [-0.1, -0.05) is 42.5 Å². The van der Waals surface area contributed by atoms with Crippen molar-refractivity contribution in [1.82, 2.24) is 51.7 Å². The number of aromatic hydroxyl groups is 2. The number of methoxy groups -OCH3 is 1. The van der Waals surface area contributed by atoms with Crippen LogP contribution in [0.5, 0.6) is 28.7 Å². The van der Waals surface area contributed by atoms with Crippen molar-refractivity contribution in [3.05, 3.63) is 160 Å². The van der Waals surface area contributed by atoms with E-state index >= 15 is 8.78 Å². The number of ketones is 3. The number of carbonyl (C=O) groups excluding carboxylic acids is 11. The van der Waals surface area contributed by atoms with Crippen molar-refractivity contribution in [2.75, 3.05) is 66.2 Å². The number of halogens is 4. The summed E-state index contributed by atoms with van der Waals surface area (Å²) in [4.78, 5) is 159. The molecular weight excluding hydrogens is 1570 g/mol. The third-order valence-electron chi connectivity index (χ3n) is 21.2. The van der Waals surface area contributed by atoms with Crippen molar-refractivity contribution >= 4 is 86.6 Å². The molecule has 3 aliphatic heterocycles. The summed E-state index contributed by atoms with van der Waals surface area (Å²) in [5.74, 6) is -16.6. The molecule has 7 aromatic rings. The van der Waals surface area contributed by atoms with Gasteiger partial charge >= 0.3 is 6.09 Å². The monoisotopic (exact) mass is 1650 g/mol. The number of nitriles is 1. The van der Waals surface area contributed by atoms with Gasteiger partial charge in [-0.25, -0.2) is 22.4 Å². The second-order valence-electron chi connectivity index (χ2n) is 29.4. The Morgan fingerprint density at radius 3 is 1.94 bits per heavy atom. The molecule has 5 aromatic carbocycles. The number of alkyl carbamates (subject to hydrolysis) is 1. The van der Waals surface area contributed by atoms with Crippen molar-refractivity contribution in [3.8, 4) is 34.8 Å². The quantitative estimate of drug-likeness (QED) is 0.0154. The average Bonchev–Trinajstić information content (AvgIpc) is 1.70. The maximum atomic E-state index is 15.4. The number of phenolic OH excluding ortho intramolecular Hbond substituents is 2. The predicted octanol–water partition coefficient (Wildman–Crippen LogP) is 4.74. The van der Waals surface area contributed by atoms with Crippen molar-refractivity contribution in [1.29, 1.82) is 5.26 Å². The van der Waals surface area contributed by atoms with Crippen LogP contribution in [0.25, 0.3) is 21.8 Å². The molecule has 119 heavy (non-hydrogen) atoms. The van der Waals surface area contributed by atoms with Gasteiger partial charge in [0.2, 0.25) is 35.3 Å². The van der Waals surface area contributed by atoms with Crippen LogP contribution in [0.15, 0.2) is 109 Å². The second-order valence-corrected chi connectivity index (χ2v) is 29.4. The van der Waals surface area contributed by atoms with Crippen molar-refractivity contribution in [2.45, 2.75) is 150 Å². The minimum absolute atomic E-state index is 0.000740. The molecule has 0 radical (unpaired) electrons. The highest BCUT2D eigenvalue weighted by Crippen LogP contribution is 2.53. The van der Waals surface area contributed by atoms with Gasteiger partial charge in [-0.3, -0.25) is 57.9 Å². The summed E-state index contributed by atoms with van der Waals surface area (Å²) in [6.07, 6.45) is -6.85. The van der Waals surface area contributed by atoms with E-state index < -0.39 is 224 Å². The Morgan fingerprint density at radius 1 is 0.714 bits per heavy atom. The van der Waals surface area contributed by atoms with Gasteiger partial charge in [0.05, 0.1) is 110 Å². The summed E-state index contributed by atoms with van der Waals surface area (Å²) in [6.45, 7) is -2.98. The first-order valence-corrected chi connectivity index (χ1v) is 38.3. The molecule has 0 saturated carbocycles. The molecule has 5 heterocycles. The summed E-state index contributed by atoms with van der Waals surface area (Å²) in [6, 6.07) is 21.1. The molecule has 2 aliphatic carbocycles. The molecule has 2 aromatic heterocycles. The number of phenols is 2. The van der Waals surface area contributed by atoms with E-state index in [0.29, 0.717) is 58.3 Å². The van der Waals surface area contributed by atoms with Crippen LogP contribution in [0.3, 0.4) is 0 Å². The molecule has 12 rings (SSSR count). The van der Waals surface area contributed by atoms with Crippen molar-refractivity contribution in [2.24, 2.45) is 0 Å². The molecule has 628 valence electrons. The van der Waals surface area contributed by atoms with E-state index in [9.17, 15) is 92.3 Å². The number of Topliss-reactive ketones (excluding diaryl/α,β-unsaturated/α-hetero) is 1. The van der Waals surface area contributed by atoms with E-state index in [1.807, 2.05) is 0 Å². The highest BCUT2D eigenvalue weighted by atomic mass is 19.3. The first kappa shape index (κ1) is 85.9. The third kappa shape index (κ3) is 19.7. The Hall–Kier alpha value is -12.5. The van der Waals surface area contributed by atoms with Crippen molar-refractivity contribution in [3.63, 3.8) is 0 Å². The number of hydrogen-bond acceptors (Lipinski definition) is 25. The lowest BCUT2D eigenvalue weighted by Gasteiger charge is -2.43. The van der Waals surface area contributed by atoms with E-state index in [-0.39, 0.29) is 90.5 Å². The van der Waals surface area contributed by atoms with Gasteiger partial charge < -0.3 is 95.7 Å². The lowest BCUT2D eigenvalue weighted by molar-refractivity contribution is -0.249. The van der Waals surface area contributed by atoms with Crippen LogP contribution in [0, 0.1) is 11.3 Å². The molecule has 3 fully saturated rings. The third-order valence-corrected chi connectivity index (χ3v) is 21.2. The molecule has 9 atom stereocenters. The lowest BCUT2D eigenvalue weighted by Crippen LogP contribution is -2.58. The Bertz CT molecular complexity index is 5150. The van der Waals surface area contributed by atoms with Gasteiger partial charge in [-0.2, -0.15) is 5.26 Å². The molecule has 0 unspecified atom stereocenters. The summed E-state index contributed by atoms with van der Waals surface area (Å²) < 4.78 is 93.6. The van der Waals surface area contributed by atoms with Gasteiger partial charge in [0.1, 0.15) is 71.8 Å². The van der Waals surface area contributed by atoms with Crippen LogP contribution in [-0.2, 0) is 56.0 Å². The van der Waals surface area contributed by atoms with Gasteiger partial charge in [-0.15, -0.1) is 0 Å². The molecule has 33 nitrogen and oxygen atoms in total. The van der Waals surface area contributed by atoms with Gasteiger partial charge in [-0.05, 0) is 99.2 Å². The number of aliphatic hydroxyl groups is 3. The zero-order valence-corrected chi connectivity index (χ0v) is 64.3. The number of nitrogens with zero attached hydrogens (tertiary/aromatic N) is 5. The number of benzene rings is 5. The molecule has 5 aliphatic rings. The summed E-state index contributed by atoms with van der Waals surface area (Å²) >= 11 is 0. The molecule has 0 bridgehead atoms. The van der Waals surface area contributed by atoms with E-state index in [4.69, 9.17) is 28.4 Å². The number of rotatable bonds is 32. The highest BCUT2D eigenvalue weighted by molar-refractivity contribution is 6.31. The van der Waals surface area contributed by atoms with Crippen LogP contribution in [0.1, 0.15) is 146 Å². The number of pyridine rings is 2. The van der Waals surface area contributed by atoms with Crippen LogP contribution >= 0.6 is 0 Å². The maximum absolute atomic E-state index is 15.4. The minimum Gasteiger partial charge on any atom is -0.507 e. The van der Waals surface area contributed by atoms with Crippen molar-refractivity contribution < 1.29 is 124 Å². The first-order chi connectivity index (χ1) is 56.9. The zero-order chi connectivity index (χ0) is 85.2. The topological polar surface area (TPSA) is 473 Å². The first-order valence-electron chi connectivity index (χ1n) is 38.3. The van der Waals surface area contributed by atoms with E-state index in [1.165, 1.54) is 62.8 Å². The number of hydrogen-bond donors (Lipinski definition) is 11. The Kier molecular flexibility index (Phi) is 26.7. The number of likely N-dealkylation sites (tertiary alicyclic amines) is 2. The van der Waals surface area contributed by atoms with Crippen LogP contribution in [0.2, 0.25) is 0 Å². The number of amides is 8. The smallest absolute Gasteiger partial charge is 0.408 e. The predicted molar refractivity (Wildman–Crippen MR) is 408 cm³/mol. The second kappa shape index (κ2) is 37.0. The van der Waals surface area contributed by atoms with Crippen LogP contribution < -0.4 is 46.1 Å². The molecule has 0 spiro atoms. The highest BCUT2D eigenvalue weighted by Gasteiger charge is 2.54. The van der Waals surface area contributed by atoms with E-state index in [0.717, 1.165) is 4.90 Å². The SMILES string of the molecule is COc1cccc2c1C(=O)c1c(O)c3c(c(O)c1C2=O)C[C@@](O)(C(=O)CO)C[C@@H]3O[C@H]1C[C@H](NC(=O)[C@@H]2CC(F)(F)CN2C(=O)CNC(=O)c2ccnc3ccc(OCCCCNC(=O)[C@H](CCC(=O)NCCCCOc4ccc5nccc(C(=O)NCC(=O)N6CC(F)(F)C[C@@H]6C#N)c5c4)NC(=O)OCc4ccccc4)cc23)[C@H](O)[C@H](C)O1. The number of nitrogens with one attached hydrogen (secondary N) is 6. The average molecular weight is 1650 g/mol. The standard InChI is InChI=1S/C82H85F4N11O22/c1-43-70(103)57(31-65(118-43)119-60-35-80(113,61(99)39-98)33-53-67(60)74(107)69-68(72(53)105)71(104)50-13-10-14-59(114-2)66(50)73(69)106)94-78(111)58-34-82(85,86)42-97(58)64(102)38-93-76(109)49-22-26-89-55-18-16-47(30-52(49)55)116-28-9-7-24-91-77(110)56(95-79(112)117-40-44-11-4-3-5-12-44)19-20-62(100)90-23-6-8-27-115-46-15-17-54-51(29-46)48(21-25-88-54)75(108)92-37-63(101)96-41-81(83,84)32-45(96)36-87/h3-5,10-18,21-22,25-26,29-30,43,45,56-58,60,65,70,98,103,105,107,113H,6-9,19-20,23-24,27-28,31-35,37-42H2,1-2H3,(H,90,100)(H,91,110)(H,92,108)(H,93,109)(H,94,111)(H,95,112)/t43-,45+,56-,57-,58-,60-,65-,70+,80-/m0/s1. The zero-order valence-electron chi connectivity index (χ0n) is 64.3. The number of aliphatic hydroxyl groups excluding tert-OH is 2. The summed E-state index contributed by atoms with van der Waals surface area (Å²) in [5.41, 5.74) is -3.40. The molecule has 3 saturated heterocycles. The van der Waals surface area contributed by atoms with Crippen LogP contribution in [0.4, 0.5) is 22.4 Å². The van der Waals surface area contributed by atoms with E-state index in [2.05, 4.69) is 41.9 Å². The molecule has 11 N–H and O–H groups in total. The fourth-order valence-corrected chi connectivity index (χ4v) is 15.1. The van der Waals surface area contributed by atoms with Crippen LogP contribution in [-0.4, -0.2) is 236 Å². The minimum atomic E-state index is -3.62. The Morgan fingerprint density at radius 2 is 1.32 bits per heavy atom. The number of carbonyl (C=O) groups is 11. The van der Waals surface area contributed by atoms with Gasteiger partial charge in [0.15, 0.2) is 17.9 Å². The maximum Gasteiger partial charge on any atom is 0.408 e. The Labute approximate surface area is 676 Å². The molecule has 37 heteroatoms. The Balaban J connectivity index is 0.601. The number of fused-ring (bicyclic) bond motifs is 5. The number of alkyl halides is 4. The van der Waals surface area contributed by atoms with Gasteiger partial charge in [0, 0.05) is 91.5 Å². The number of ether oxygens (including phenoxy) is 6. The number of aromatic nitrogens is 2. The summed E-state index contributed by atoms with van der Waals surface area (Å²) in [5, 5.41) is 82.4. The fourth-order valence-electron chi connectivity index (χ4n) is 15.1. The molecular formula is C82H85F4N11O22. The largest absolute Gasteiger partial charge is 0.507 e. The lowest BCUT2D eigenvalue weighted by atomic mass is 9.72. The van der Waals surface area contributed by atoms with E-state index in [1.54, 1.807) is 66.7 Å². The summed E-state index contributed by atoms with van der Waals surface area (Å²) in [7, 11) is 1.25. The fraction of sp³-hybridized carbons (Fsp3) is 0.415. The molecule has 8 amide bonds.